The van der Waals surface area contributed by atoms with Crippen LogP contribution >= 0.6 is 35.6 Å². The van der Waals surface area contributed by atoms with Crippen LogP contribution in [0.1, 0.15) is 71.1 Å². The van der Waals surface area contributed by atoms with Gasteiger partial charge in [0.05, 0.1) is 11.1 Å². The fourth-order valence-electron chi connectivity index (χ4n) is 3.92. The molecular formula is C25H33ClN2S2. The third-order valence-electron chi connectivity index (χ3n) is 5.53. The van der Waals surface area contributed by atoms with E-state index in [1.807, 2.05) is 36.0 Å². The lowest BCUT2D eigenvalue weighted by Crippen LogP contribution is -2.38. The van der Waals surface area contributed by atoms with Gasteiger partial charge in [-0.1, -0.05) is 106 Å². The number of nitrogens with one attached hydrogen (secondary N) is 1. The number of anilines is 2. The number of thiocarbonyl (C=S) groups is 1. The summed E-state index contributed by atoms with van der Waals surface area (Å²) in [5.74, 6) is 0. The van der Waals surface area contributed by atoms with Crippen molar-refractivity contribution in [2.45, 2.75) is 81.4 Å². The molecule has 162 valence electrons. The number of fused-ring (bicyclic) bond motifs is 1. The van der Waals surface area contributed by atoms with E-state index < -0.39 is 0 Å². The van der Waals surface area contributed by atoms with E-state index in [4.69, 9.17) is 23.8 Å². The fourth-order valence-corrected chi connectivity index (χ4v) is 5.86. The van der Waals surface area contributed by atoms with Crippen molar-refractivity contribution in [2.75, 3.05) is 10.2 Å². The van der Waals surface area contributed by atoms with Crippen molar-refractivity contribution in [3.63, 3.8) is 0 Å². The lowest BCUT2D eigenvalue weighted by atomic mass is 10.1. The Morgan fingerprint density at radius 3 is 2.40 bits per heavy atom. The number of nitrogens with zero attached hydrogens (tertiary/aromatic N) is 1. The van der Waals surface area contributed by atoms with Crippen molar-refractivity contribution in [1.29, 1.82) is 0 Å². The highest BCUT2D eigenvalue weighted by molar-refractivity contribution is 8.00. The highest BCUT2D eigenvalue weighted by atomic mass is 35.5. The van der Waals surface area contributed by atoms with Gasteiger partial charge in [-0.15, -0.1) is 0 Å². The third kappa shape index (κ3) is 6.90. The van der Waals surface area contributed by atoms with Gasteiger partial charge in [0.2, 0.25) is 0 Å². The second kappa shape index (κ2) is 12.6. The highest BCUT2D eigenvalue weighted by Gasteiger charge is 2.32. The molecule has 0 saturated heterocycles. The summed E-state index contributed by atoms with van der Waals surface area (Å²) in [6.07, 6.45) is 13.3. The van der Waals surface area contributed by atoms with E-state index in [1.54, 1.807) is 0 Å². The predicted molar refractivity (Wildman–Crippen MR) is 138 cm³/mol. The minimum atomic E-state index is 0.353. The number of benzene rings is 2. The van der Waals surface area contributed by atoms with Crippen LogP contribution in [0.4, 0.5) is 11.4 Å². The van der Waals surface area contributed by atoms with Gasteiger partial charge in [0.15, 0.2) is 5.11 Å². The van der Waals surface area contributed by atoms with E-state index in [0.717, 1.165) is 17.2 Å². The Bertz CT molecular complexity index is 811. The van der Waals surface area contributed by atoms with Gasteiger partial charge in [0, 0.05) is 15.6 Å². The maximum absolute atomic E-state index is 6.14. The number of para-hydroxylation sites is 1. The van der Waals surface area contributed by atoms with Crippen LogP contribution in [0.25, 0.3) is 0 Å². The molecule has 1 atom stereocenters. The van der Waals surface area contributed by atoms with Crippen LogP contribution in [0.5, 0.6) is 0 Å². The highest BCUT2D eigenvalue weighted by Crippen LogP contribution is 2.45. The first-order valence-corrected chi connectivity index (χ1v) is 13.0. The zero-order chi connectivity index (χ0) is 21.2. The lowest BCUT2D eigenvalue weighted by Gasteiger charge is -2.27. The second-order valence-electron chi connectivity index (χ2n) is 7.97. The average Bonchev–Trinajstić information content (AvgIpc) is 3.11. The molecule has 1 N–H and O–H groups in total. The molecule has 0 bridgehead atoms. The monoisotopic (exact) mass is 460 g/mol. The molecule has 30 heavy (non-hydrogen) atoms. The van der Waals surface area contributed by atoms with E-state index in [0.29, 0.717) is 10.4 Å². The molecule has 0 fully saturated rings. The quantitative estimate of drug-likeness (QED) is 0.266. The minimum absolute atomic E-state index is 0.353. The summed E-state index contributed by atoms with van der Waals surface area (Å²) in [5.41, 5.74) is 2.15. The van der Waals surface area contributed by atoms with Crippen LogP contribution in [0.3, 0.4) is 0 Å². The SMILES string of the molecule is CCCCCCCCCCCC1Sc2ccccc2N1C(=S)Nc1cccc(Cl)c1. The molecule has 3 rings (SSSR count). The van der Waals surface area contributed by atoms with Crippen LogP contribution in [-0.2, 0) is 0 Å². The van der Waals surface area contributed by atoms with Gasteiger partial charge in [-0.2, -0.15) is 0 Å². The van der Waals surface area contributed by atoms with Gasteiger partial charge in [-0.25, -0.2) is 0 Å². The standard InChI is InChI=1S/C25H33ClN2S2/c1-2-3-4-5-6-7-8-9-10-18-24-28(22-16-11-12-17-23(22)30-24)25(29)27-21-15-13-14-20(26)19-21/h11-17,19,24H,2-10,18H2,1H3,(H,27,29). The van der Waals surface area contributed by atoms with E-state index in [2.05, 4.69) is 41.4 Å². The molecular weight excluding hydrogens is 428 g/mol. The summed E-state index contributed by atoms with van der Waals surface area (Å²) >= 11 is 13.9. The molecule has 0 aromatic heterocycles. The van der Waals surface area contributed by atoms with Crippen molar-refractivity contribution in [2.24, 2.45) is 0 Å². The molecule has 1 aliphatic heterocycles. The molecule has 2 aromatic carbocycles. The first-order chi connectivity index (χ1) is 14.7. The maximum Gasteiger partial charge on any atom is 0.178 e. The number of unbranched alkanes of at least 4 members (excludes halogenated alkanes) is 8. The van der Waals surface area contributed by atoms with Crippen LogP contribution in [0.15, 0.2) is 53.4 Å². The summed E-state index contributed by atoms with van der Waals surface area (Å²) in [7, 11) is 0. The van der Waals surface area contributed by atoms with Crippen molar-refractivity contribution < 1.29 is 0 Å². The summed E-state index contributed by atoms with van der Waals surface area (Å²) in [4.78, 5) is 3.61. The zero-order valence-electron chi connectivity index (χ0n) is 17.9. The fraction of sp³-hybridized carbons (Fsp3) is 0.480. The predicted octanol–water partition coefficient (Wildman–Crippen LogP) is 8.90. The molecule has 0 spiro atoms. The van der Waals surface area contributed by atoms with Gasteiger partial charge >= 0.3 is 0 Å². The first-order valence-electron chi connectivity index (χ1n) is 11.3. The summed E-state index contributed by atoms with van der Waals surface area (Å²) in [6, 6.07) is 16.3. The minimum Gasteiger partial charge on any atom is -0.332 e. The van der Waals surface area contributed by atoms with Gasteiger partial charge in [0.1, 0.15) is 0 Å². The normalized spacial score (nSPS) is 15.3. The second-order valence-corrected chi connectivity index (χ2v) is 10.0. The van der Waals surface area contributed by atoms with E-state index >= 15 is 0 Å². The maximum atomic E-state index is 6.14. The summed E-state index contributed by atoms with van der Waals surface area (Å²) in [6.45, 7) is 2.28. The third-order valence-corrected chi connectivity index (χ3v) is 7.38. The largest absolute Gasteiger partial charge is 0.332 e. The molecule has 0 radical (unpaired) electrons. The number of hydrogen-bond acceptors (Lipinski definition) is 2. The van der Waals surface area contributed by atoms with E-state index in [9.17, 15) is 0 Å². The van der Waals surface area contributed by atoms with Gasteiger partial charge in [0.25, 0.3) is 0 Å². The van der Waals surface area contributed by atoms with Gasteiger partial charge in [-0.05, 0) is 49.0 Å². The molecule has 2 aromatic rings. The molecule has 2 nitrogen and oxygen atoms in total. The zero-order valence-corrected chi connectivity index (χ0v) is 20.3. The summed E-state index contributed by atoms with van der Waals surface area (Å²) in [5, 5.41) is 5.20. The van der Waals surface area contributed by atoms with Crippen LogP contribution in [0, 0.1) is 0 Å². The Balaban J connectivity index is 1.51. The van der Waals surface area contributed by atoms with E-state index in [-0.39, 0.29) is 0 Å². The molecule has 1 unspecified atom stereocenters. The van der Waals surface area contributed by atoms with Crippen molar-refractivity contribution in [3.8, 4) is 0 Å². The molecule has 0 saturated carbocycles. The first kappa shape index (κ1) is 23.4. The molecule has 0 aliphatic carbocycles. The average molecular weight is 461 g/mol. The Kier molecular flexibility index (Phi) is 9.83. The van der Waals surface area contributed by atoms with Crippen molar-refractivity contribution >= 4 is 52.1 Å². The van der Waals surface area contributed by atoms with Gasteiger partial charge < -0.3 is 10.2 Å². The summed E-state index contributed by atoms with van der Waals surface area (Å²) < 4.78 is 0. The molecule has 5 heteroatoms. The van der Waals surface area contributed by atoms with Crippen molar-refractivity contribution in [1.82, 2.24) is 0 Å². The topological polar surface area (TPSA) is 15.3 Å². The van der Waals surface area contributed by atoms with Crippen LogP contribution in [0.2, 0.25) is 5.02 Å². The van der Waals surface area contributed by atoms with E-state index in [1.165, 1.54) is 68.4 Å². The molecule has 1 heterocycles. The Morgan fingerprint density at radius 1 is 0.967 bits per heavy atom. The Hall–Kier alpha value is -1.23. The smallest absolute Gasteiger partial charge is 0.178 e. The van der Waals surface area contributed by atoms with Gasteiger partial charge in [-0.3, -0.25) is 0 Å². The number of rotatable bonds is 11. The van der Waals surface area contributed by atoms with Crippen LogP contribution < -0.4 is 10.2 Å². The number of hydrogen-bond donors (Lipinski definition) is 1. The molecule has 1 aliphatic rings. The number of halogens is 1. The van der Waals surface area contributed by atoms with Crippen LogP contribution in [-0.4, -0.2) is 10.5 Å². The van der Waals surface area contributed by atoms with Crippen molar-refractivity contribution in [3.05, 3.63) is 53.6 Å². The molecule has 0 amide bonds. The number of thioether (sulfide) groups is 1. The lowest BCUT2D eigenvalue weighted by molar-refractivity contribution is 0.554. The Labute approximate surface area is 196 Å². The Morgan fingerprint density at radius 2 is 1.67 bits per heavy atom.